The van der Waals surface area contributed by atoms with Crippen LogP contribution in [0.3, 0.4) is 0 Å². The number of nitrogens with zero attached hydrogens (tertiary/aromatic N) is 3. The minimum atomic E-state index is -0.502. The number of imidazole rings is 1. The quantitative estimate of drug-likeness (QED) is 0.894. The minimum Gasteiger partial charge on any atom is -0.390 e. The second-order valence-corrected chi connectivity index (χ2v) is 7.36. The van der Waals surface area contributed by atoms with Gasteiger partial charge in [0.05, 0.1) is 30.2 Å². The van der Waals surface area contributed by atoms with Crippen molar-refractivity contribution in [1.82, 2.24) is 19.8 Å². The molecule has 25 heavy (non-hydrogen) atoms. The number of carbonyl (C=O) groups excluding carboxylic acids is 1. The maximum Gasteiger partial charge on any atom is 0.237 e. The Kier molecular flexibility index (Phi) is 4.72. The number of rotatable bonds is 3. The molecule has 134 valence electrons. The fourth-order valence-electron chi connectivity index (χ4n) is 4.19. The van der Waals surface area contributed by atoms with Gasteiger partial charge in [-0.25, -0.2) is 4.98 Å². The molecule has 2 fully saturated rings. The zero-order valence-electron chi connectivity index (χ0n) is 14.5. The summed E-state index contributed by atoms with van der Waals surface area (Å²) in [4.78, 5) is 24.6. The molecule has 6 heteroatoms. The Bertz CT molecular complexity index is 705. The molecule has 4 rings (SSSR count). The van der Waals surface area contributed by atoms with Crippen LogP contribution in [0, 0.1) is 0 Å². The van der Waals surface area contributed by atoms with Gasteiger partial charge in [0.2, 0.25) is 5.91 Å². The number of aliphatic hydroxyl groups excluding tert-OH is 1. The highest BCUT2D eigenvalue weighted by Crippen LogP contribution is 2.24. The number of para-hydroxylation sites is 2. The molecule has 1 aromatic heterocycles. The number of aromatic amines is 1. The standard InChI is InChI=1S/C19H26N4O2/c24-15-10-22(12-18-20-16-8-4-5-9-17(16)21-18)13-19(25)23(11-15)14-6-2-1-3-7-14/h4-5,8-9,14-15,24H,1-3,6-7,10-13H2,(H,20,21). The van der Waals surface area contributed by atoms with Gasteiger partial charge in [-0.15, -0.1) is 0 Å². The van der Waals surface area contributed by atoms with E-state index < -0.39 is 6.10 Å². The van der Waals surface area contributed by atoms with E-state index in [1.807, 2.05) is 34.1 Å². The molecule has 2 N–H and O–H groups in total. The van der Waals surface area contributed by atoms with E-state index in [9.17, 15) is 9.90 Å². The summed E-state index contributed by atoms with van der Waals surface area (Å²) in [5.74, 6) is 0.979. The summed E-state index contributed by atoms with van der Waals surface area (Å²) in [6, 6.07) is 8.23. The molecule has 6 nitrogen and oxygen atoms in total. The second-order valence-electron chi connectivity index (χ2n) is 7.36. The number of fused-ring (bicyclic) bond motifs is 1. The van der Waals surface area contributed by atoms with Gasteiger partial charge in [-0.1, -0.05) is 31.4 Å². The van der Waals surface area contributed by atoms with Gasteiger partial charge in [0.1, 0.15) is 5.82 Å². The van der Waals surface area contributed by atoms with Gasteiger partial charge in [0.25, 0.3) is 0 Å². The average molecular weight is 342 g/mol. The second kappa shape index (κ2) is 7.14. The Labute approximate surface area is 147 Å². The summed E-state index contributed by atoms with van der Waals surface area (Å²) in [7, 11) is 0. The van der Waals surface area contributed by atoms with Crippen molar-refractivity contribution in [3.63, 3.8) is 0 Å². The molecule has 0 spiro atoms. The lowest BCUT2D eigenvalue weighted by Crippen LogP contribution is -2.45. The van der Waals surface area contributed by atoms with Crippen molar-refractivity contribution in [2.24, 2.45) is 0 Å². The average Bonchev–Trinajstić information content (AvgIpc) is 2.95. The fraction of sp³-hybridized carbons (Fsp3) is 0.579. The van der Waals surface area contributed by atoms with Crippen molar-refractivity contribution in [3.8, 4) is 0 Å². The number of nitrogens with one attached hydrogen (secondary N) is 1. The van der Waals surface area contributed by atoms with Crippen LogP contribution in [0.4, 0.5) is 0 Å². The molecular formula is C19H26N4O2. The molecule has 1 aromatic carbocycles. The number of amides is 1. The van der Waals surface area contributed by atoms with Crippen LogP contribution in [-0.2, 0) is 11.3 Å². The Hall–Kier alpha value is -1.92. The molecular weight excluding hydrogens is 316 g/mol. The van der Waals surface area contributed by atoms with E-state index in [2.05, 4.69) is 9.97 Å². The lowest BCUT2D eigenvalue weighted by atomic mass is 9.94. The highest BCUT2D eigenvalue weighted by atomic mass is 16.3. The van der Waals surface area contributed by atoms with Gasteiger partial charge in [-0.05, 0) is 25.0 Å². The first kappa shape index (κ1) is 16.5. The van der Waals surface area contributed by atoms with Crippen LogP contribution in [0.15, 0.2) is 24.3 Å². The minimum absolute atomic E-state index is 0.138. The summed E-state index contributed by atoms with van der Waals surface area (Å²) in [5, 5.41) is 10.4. The smallest absolute Gasteiger partial charge is 0.237 e. The van der Waals surface area contributed by atoms with Crippen molar-refractivity contribution in [3.05, 3.63) is 30.1 Å². The van der Waals surface area contributed by atoms with E-state index >= 15 is 0 Å². The van der Waals surface area contributed by atoms with Gasteiger partial charge in [0, 0.05) is 19.1 Å². The van der Waals surface area contributed by atoms with E-state index in [0.717, 1.165) is 29.7 Å². The van der Waals surface area contributed by atoms with E-state index in [4.69, 9.17) is 0 Å². The van der Waals surface area contributed by atoms with Gasteiger partial charge in [-0.3, -0.25) is 9.69 Å². The Morgan fingerprint density at radius 3 is 2.76 bits per heavy atom. The molecule has 1 aliphatic heterocycles. The first-order chi connectivity index (χ1) is 12.2. The number of benzene rings is 1. The van der Waals surface area contributed by atoms with E-state index in [1.54, 1.807) is 0 Å². The SMILES string of the molecule is O=C1CN(Cc2nc3ccccc3[nH]2)CC(O)CN1C1CCCCC1. The van der Waals surface area contributed by atoms with Crippen molar-refractivity contribution in [2.45, 2.75) is 50.8 Å². The Morgan fingerprint density at radius 1 is 1.16 bits per heavy atom. The van der Waals surface area contributed by atoms with Gasteiger partial charge < -0.3 is 15.0 Å². The summed E-state index contributed by atoms with van der Waals surface area (Å²) in [6.07, 6.45) is 5.28. The number of hydrogen-bond donors (Lipinski definition) is 2. The molecule has 2 aromatic rings. The van der Waals surface area contributed by atoms with Crippen molar-refractivity contribution >= 4 is 16.9 Å². The summed E-state index contributed by atoms with van der Waals surface area (Å²) in [6.45, 7) is 1.87. The first-order valence-electron chi connectivity index (χ1n) is 9.32. The first-order valence-corrected chi connectivity index (χ1v) is 9.32. The molecule has 1 amide bonds. The lowest BCUT2D eigenvalue weighted by Gasteiger charge is -2.34. The molecule has 0 radical (unpaired) electrons. The van der Waals surface area contributed by atoms with E-state index in [-0.39, 0.29) is 5.91 Å². The molecule has 2 aliphatic rings. The molecule has 1 aliphatic carbocycles. The zero-order valence-corrected chi connectivity index (χ0v) is 14.5. The third-order valence-corrected chi connectivity index (χ3v) is 5.38. The topological polar surface area (TPSA) is 72.5 Å². The molecule has 1 saturated heterocycles. The van der Waals surface area contributed by atoms with Crippen molar-refractivity contribution in [2.75, 3.05) is 19.6 Å². The number of carbonyl (C=O) groups is 1. The molecule has 1 saturated carbocycles. The highest BCUT2D eigenvalue weighted by Gasteiger charge is 2.32. The van der Waals surface area contributed by atoms with Gasteiger partial charge in [-0.2, -0.15) is 0 Å². The Morgan fingerprint density at radius 2 is 1.96 bits per heavy atom. The monoisotopic (exact) mass is 342 g/mol. The van der Waals surface area contributed by atoms with E-state index in [0.29, 0.717) is 32.2 Å². The summed E-state index contributed by atoms with van der Waals surface area (Å²) < 4.78 is 0. The molecule has 2 heterocycles. The van der Waals surface area contributed by atoms with Crippen LogP contribution >= 0.6 is 0 Å². The van der Waals surface area contributed by atoms with Gasteiger partial charge >= 0.3 is 0 Å². The zero-order chi connectivity index (χ0) is 17.2. The highest BCUT2D eigenvalue weighted by molar-refractivity contribution is 5.79. The number of β-amino-alcohol motifs (C(OH)–C–C–N with tert-alkyl or cyclic N) is 1. The third-order valence-electron chi connectivity index (χ3n) is 5.38. The molecule has 0 bridgehead atoms. The largest absolute Gasteiger partial charge is 0.390 e. The maximum atomic E-state index is 12.8. The predicted octanol–water partition coefficient (Wildman–Crippen LogP) is 1.90. The summed E-state index contributed by atoms with van der Waals surface area (Å²) >= 11 is 0. The van der Waals surface area contributed by atoms with Crippen molar-refractivity contribution in [1.29, 1.82) is 0 Å². The van der Waals surface area contributed by atoms with Crippen LogP contribution < -0.4 is 0 Å². The number of aliphatic hydroxyl groups is 1. The maximum absolute atomic E-state index is 12.8. The lowest BCUT2D eigenvalue weighted by molar-refractivity contribution is -0.134. The number of aromatic nitrogens is 2. The van der Waals surface area contributed by atoms with Crippen LogP contribution in [0.5, 0.6) is 0 Å². The number of H-pyrrole nitrogens is 1. The van der Waals surface area contributed by atoms with Gasteiger partial charge in [0.15, 0.2) is 0 Å². The molecule has 1 atom stereocenters. The van der Waals surface area contributed by atoms with Crippen LogP contribution in [0.25, 0.3) is 11.0 Å². The van der Waals surface area contributed by atoms with E-state index in [1.165, 1.54) is 19.3 Å². The third kappa shape index (κ3) is 3.70. The van der Waals surface area contributed by atoms with Crippen LogP contribution in [0.1, 0.15) is 37.9 Å². The van der Waals surface area contributed by atoms with Crippen molar-refractivity contribution < 1.29 is 9.90 Å². The number of hydrogen-bond acceptors (Lipinski definition) is 4. The summed E-state index contributed by atoms with van der Waals surface area (Å²) in [5.41, 5.74) is 1.94. The molecule has 1 unspecified atom stereocenters. The van der Waals surface area contributed by atoms with Crippen LogP contribution in [0.2, 0.25) is 0 Å². The van der Waals surface area contributed by atoms with Crippen LogP contribution in [-0.4, -0.2) is 62.6 Å². The Balaban J connectivity index is 1.46. The normalized spacial score (nSPS) is 24.0. The fourth-order valence-corrected chi connectivity index (χ4v) is 4.19. The predicted molar refractivity (Wildman–Crippen MR) is 96.0 cm³/mol.